The van der Waals surface area contributed by atoms with Gasteiger partial charge in [-0.1, -0.05) is 13.0 Å². The predicted molar refractivity (Wildman–Crippen MR) is 78.6 cm³/mol. The molecule has 0 saturated carbocycles. The van der Waals surface area contributed by atoms with Crippen LogP contribution < -0.4 is 9.46 Å². The maximum absolute atomic E-state index is 12.4. The Labute approximate surface area is 121 Å². The average Bonchev–Trinajstić information content (AvgIpc) is 2.39. The Morgan fingerprint density at radius 1 is 1.25 bits per heavy atom. The van der Waals surface area contributed by atoms with Crippen LogP contribution in [-0.4, -0.2) is 32.8 Å². The molecular formula is C14H23NO4S. The monoisotopic (exact) mass is 301 g/mol. The van der Waals surface area contributed by atoms with E-state index in [1.165, 1.54) is 0 Å². The SMILES string of the molecule is CCOc1cc(S(=O)(=O)N[C@H](CC)CO)c(C)cc1C. The number of nitrogens with one attached hydrogen (secondary N) is 1. The van der Waals surface area contributed by atoms with Crippen molar-refractivity contribution in [2.24, 2.45) is 0 Å². The normalized spacial score (nSPS) is 13.2. The van der Waals surface area contributed by atoms with Gasteiger partial charge in [-0.2, -0.15) is 0 Å². The molecule has 1 aromatic rings. The van der Waals surface area contributed by atoms with Crippen LogP contribution in [0, 0.1) is 13.8 Å². The standard InChI is InChI=1S/C14H23NO4S/c1-5-12(9-16)15-20(17,18)14-8-13(19-6-2)10(3)7-11(14)4/h7-8,12,15-16H,5-6,9H2,1-4H3/t12-/m1/s1. The Balaban J connectivity index is 3.20. The van der Waals surface area contributed by atoms with Gasteiger partial charge >= 0.3 is 0 Å². The second kappa shape index (κ2) is 7.06. The van der Waals surface area contributed by atoms with Gasteiger partial charge in [-0.3, -0.25) is 0 Å². The number of sulfonamides is 1. The van der Waals surface area contributed by atoms with E-state index < -0.39 is 16.1 Å². The summed E-state index contributed by atoms with van der Waals surface area (Å²) < 4.78 is 32.7. The Morgan fingerprint density at radius 3 is 2.40 bits per heavy atom. The Bertz CT molecular complexity index is 551. The van der Waals surface area contributed by atoms with Gasteiger partial charge < -0.3 is 9.84 Å². The van der Waals surface area contributed by atoms with Crippen LogP contribution in [0.25, 0.3) is 0 Å². The molecular weight excluding hydrogens is 278 g/mol. The van der Waals surface area contributed by atoms with E-state index in [0.717, 1.165) is 5.56 Å². The number of rotatable bonds is 7. The highest BCUT2D eigenvalue weighted by atomic mass is 32.2. The molecule has 1 aromatic carbocycles. The van der Waals surface area contributed by atoms with Crippen molar-refractivity contribution in [3.63, 3.8) is 0 Å². The van der Waals surface area contributed by atoms with Crippen molar-refractivity contribution in [2.75, 3.05) is 13.2 Å². The van der Waals surface area contributed by atoms with Gasteiger partial charge in [-0.05, 0) is 38.3 Å². The molecule has 0 aliphatic heterocycles. The molecule has 0 bridgehead atoms. The molecule has 0 aliphatic rings. The molecule has 0 unspecified atom stereocenters. The summed E-state index contributed by atoms with van der Waals surface area (Å²) in [5.41, 5.74) is 1.56. The minimum atomic E-state index is -3.66. The second-order valence-corrected chi connectivity index (χ2v) is 6.41. The van der Waals surface area contributed by atoms with Crippen LogP contribution in [0.2, 0.25) is 0 Å². The molecule has 0 radical (unpaired) electrons. The molecule has 0 amide bonds. The molecule has 5 nitrogen and oxygen atoms in total. The smallest absolute Gasteiger partial charge is 0.241 e. The zero-order valence-electron chi connectivity index (χ0n) is 12.4. The van der Waals surface area contributed by atoms with Gasteiger partial charge in [-0.15, -0.1) is 0 Å². The third-order valence-corrected chi connectivity index (χ3v) is 4.76. The van der Waals surface area contributed by atoms with Crippen molar-refractivity contribution in [1.82, 2.24) is 4.72 Å². The van der Waals surface area contributed by atoms with Crippen LogP contribution in [0.5, 0.6) is 5.75 Å². The molecule has 1 atom stereocenters. The number of aliphatic hydroxyl groups excluding tert-OH is 1. The van der Waals surface area contributed by atoms with Crippen LogP contribution in [0.3, 0.4) is 0 Å². The maximum atomic E-state index is 12.4. The first-order valence-corrected chi connectivity index (χ1v) is 8.21. The van der Waals surface area contributed by atoms with Crippen molar-refractivity contribution < 1.29 is 18.3 Å². The summed E-state index contributed by atoms with van der Waals surface area (Å²) >= 11 is 0. The van der Waals surface area contributed by atoms with Crippen LogP contribution in [0.4, 0.5) is 0 Å². The van der Waals surface area contributed by atoms with E-state index >= 15 is 0 Å². The number of hydrogen-bond acceptors (Lipinski definition) is 4. The molecule has 20 heavy (non-hydrogen) atoms. The lowest BCUT2D eigenvalue weighted by atomic mass is 10.1. The second-order valence-electron chi connectivity index (χ2n) is 4.73. The van der Waals surface area contributed by atoms with Crippen molar-refractivity contribution in [2.45, 2.75) is 45.1 Å². The van der Waals surface area contributed by atoms with Gasteiger partial charge in [0, 0.05) is 12.1 Å². The summed E-state index contributed by atoms with van der Waals surface area (Å²) in [6, 6.07) is 2.86. The van der Waals surface area contributed by atoms with Crippen molar-refractivity contribution >= 4 is 10.0 Å². The van der Waals surface area contributed by atoms with E-state index in [0.29, 0.717) is 24.3 Å². The minimum Gasteiger partial charge on any atom is -0.494 e. The number of benzene rings is 1. The maximum Gasteiger partial charge on any atom is 0.241 e. The van der Waals surface area contributed by atoms with Gasteiger partial charge in [0.2, 0.25) is 10.0 Å². The first kappa shape index (κ1) is 16.9. The van der Waals surface area contributed by atoms with Crippen molar-refractivity contribution in [3.8, 4) is 5.75 Å². The molecule has 1 rings (SSSR count). The fraction of sp³-hybridized carbons (Fsp3) is 0.571. The lowest BCUT2D eigenvalue weighted by Gasteiger charge is -2.17. The van der Waals surface area contributed by atoms with E-state index in [1.54, 1.807) is 19.1 Å². The molecule has 0 aliphatic carbocycles. The first-order chi connectivity index (χ1) is 9.35. The average molecular weight is 301 g/mol. The van der Waals surface area contributed by atoms with Crippen LogP contribution in [0.1, 0.15) is 31.4 Å². The van der Waals surface area contributed by atoms with Crippen LogP contribution >= 0.6 is 0 Å². The van der Waals surface area contributed by atoms with Crippen molar-refractivity contribution in [1.29, 1.82) is 0 Å². The molecule has 0 spiro atoms. The van der Waals surface area contributed by atoms with Gasteiger partial charge in [0.05, 0.1) is 18.1 Å². The molecule has 0 heterocycles. The molecule has 2 N–H and O–H groups in total. The lowest BCUT2D eigenvalue weighted by Crippen LogP contribution is -2.37. The van der Waals surface area contributed by atoms with Gasteiger partial charge in [0.25, 0.3) is 0 Å². The topological polar surface area (TPSA) is 75.6 Å². The van der Waals surface area contributed by atoms with E-state index in [-0.39, 0.29) is 11.5 Å². The molecule has 114 valence electrons. The fourth-order valence-electron chi connectivity index (χ4n) is 1.95. The summed E-state index contributed by atoms with van der Waals surface area (Å²) in [6.07, 6.45) is 0.527. The summed E-state index contributed by atoms with van der Waals surface area (Å²) in [5, 5.41) is 9.14. The highest BCUT2D eigenvalue weighted by Gasteiger charge is 2.22. The molecule has 6 heteroatoms. The Morgan fingerprint density at radius 2 is 1.90 bits per heavy atom. The van der Waals surface area contributed by atoms with Gasteiger partial charge in [-0.25, -0.2) is 13.1 Å². The number of hydrogen-bond donors (Lipinski definition) is 2. The summed E-state index contributed by atoms with van der Waals surface area (Å²) in [6.45, 7) is 7.55. The van der Waals surface area contributed by atoms with Gasteiger partial charge in [0.1, 0.15) is 5.75 Å². The quantitative estimate of drug-likeness (QED) is 0.804. The summed E-state index contributed by atoms with van der Waals surface area (Å²) in [4.78, 5) is 0.193. The summed E-state index contributed by atoms with van der Waals surface area (Å²) in [7, 11) is -3.66. The van der Waals surface area contributed by atoms with E-state index in [9.17, 15) is 8.42 Å². The Kier molecular flexibility index (Phi) is 5.98. The first-order valence-electron chi connectivity index (χ1n) is 6.72. The fourth-order valence-corrected chi connectivity index (χ4v) is 3.50. The van der Waals surface area contributed by atoms with Crippen LogP contribution in [-0.2, 0) is 10.0 Å². The van der Waals surface area contributed by atoms with E-state index in [1.807, 2.05) is 20.8 Å². The Hall–Kier alpha value is -1.11. The van der Waals surface area contributed by atoms with Crippen LogP contribution in [0.15, 0.2) is 17.0 Å². The summed E-state index contributed by atoms with van der Waals surface area (Å²) in [5.74, 6) is 0.565. The number of ether oxygens (including phenoxy) is 1. The molecule has 0 fully saturated rings. The third-order valence-electron chi connectivity index (χ3n) is 3.10. The van der Waals surface area contributed by atoms with Gasteiger partial charge in [0.15, 0.2) is 0 Å². The molecule has 0 saturated heterocycles. The van der Waals surface area contributed by atoms with Crippen molar-refractivity contribution in [3.05, 3.63) is 23.3 Å². The highest BCUT2D eigenvalue weighted by Crippen LogP contribution is 2.26. The number of aryl methyl sites for hydroxylation is 2. The minimum absolute atomic E-state index is 0.193. The van der Waals surface area contributed by atoms with E-state index in [2.05, 4.69) is 4.72 Å². The lowest BCUT2D eigenvalue weighted by molar-refractivity contribution is 0.254. The third kappa shape index (κ3) is 3.94. The van der Waals surface area contributed by atoms with E-state index in [4.69, 9.17) is 9.84 Å². The highest BCUT2D eigenvalue weighted by molar-refractivity contribution is 7.89. The zero-order chi connectivity index (χ0) is 15.3. The molecule has 0 aromatic heterocycles. The zero-order valence-corrected chi connectivity index (χ0v) is 13.3. The predicted octanol–water partition coefficient (Wildman–Crippen LogP) is 1.75. The number of aliphatic hydroxyl groups is 1. The largest absolute Gasteiger partial charge is 0.494 e.